The van der Waals surface area contributed by atoms with E-state index in [1.54, 1.807) is 4.90 Å². The molecule has 4 aliphatic rings. The summed E-state index contributed by atoms with van der Waals surface area (Å²) in [6.45, 7) is 2.82. The Morgan fingerprint density at radius 3 is 2.64 bits per heavy atom. The number of benzene rings is 1. The van der Waals surface area contributed by atoms with Crippen LogP contribution in [0.25, 0.3) is 0 Å². The Labute approximate surface area is 163 Å². The second-order valence-corrected chi connectivity index (χ2v) is 8.44. The largest absolute Gasteiger partial charge is 0.479 e. The Bertz CT molecular complexity index is 822. The predicted molar refractivity (Wildman–Crippen MR) is 102 cm³/mol. The smallest absolute Gasteiger partial charge is 0.340 e. The van der Waals surface area contributed by atoms with E-state index in [9.17, 15) is 14.7 Å². The van der Waals surface area contributed by atoms with Crippen LogP contribution in [0.15, 0.2) is 18.2 Å². The summed E-state index contributed by atoms with van der Waals surface area (Å²) in [7, 11) is 2.06. The highest BCUT2D eigenvalue weighted by Gasteiger charge is 2.58. The zero-order valence-corrected chi connectivity index (χ0v) is 16.0. The maximum Gasteiger partial charge on any atom is 0.340 e. The molecule has 0 aromatic heterocycles. The summed E-state index contributed by atoms with van der Waals surface area (Å²) in [5.41, 5.74) is 6.26. The van der Waals surface area contributed by atoms with Crippen LogP contribution in [-0.2, 0) is 19.9 Å². The second-order valence-electron chi connectivity index (χ2n) is 8.44. The molecule has 0 saturated carbocycles. The van der Waals surface area contributed by atoms with Gasteiger partial charge in [0.05, 0.1) is 5.69 Å². The molecule has 1 aromatic rings. The van der Waals surface area contributed by atoms with Crippen molar-refractivity contribution < 1.29 is 19.4 Å². The molecule has 3 saturated heterocycles. The van der Waals surface area contributed by atoms with Gasteiger partial charge < -0.3 is 20.2 Å². The molecule has 3 atom stereocenters. The first-order valence-corrected chi connectivity index (χ1v) is 10.0. The number of rotatable bonds is 3. The zero-order chi connectivity index (χ0) is 19.5. The Kier molecular flexibility index (Phi) is 4.12. The molecule has 3 fully saturated rings. The Morgan fingerprint density at radius 2 is 2.00 bits per heavy atom. The molecule has 150 valence electrons. The quantitative estimate of drug-likeness (QED) is 0.659. The SMILES string of the molecule is CN1C[C@@H]2C[C@H]1CN2C(=O)C1(C(=O)O)NNc2ccc(C3CCOCC3)cc21. The van der Waals surface area contributed by atoms with Crippen molar-refractivity contribution in [3.05, 3.63) is 29.3 Å². The first-order chi connectivity index (χ1) is 13.5. The Balaban J connectivity index is 1.51. The third kappa shape index (κ3) is 2.48. The predicted octanol–water partition coefficient (Wildman–Crippen LogP) is 0.706. The minimum absolute atomic E-state index is 0.0863. The molecular formula is C20H26N4O4. The topological polar surface area (TPSA) is 94.1 Å². The summed E-state index contributed by atoms with van der Waals surface area (Å²) in [6, 6.07) is 6.23. The van der Waals surface area contributed by atoms with Crippen molar-refractivity contribution in [3.8, 4) is 0 Å². The number of carbonyl (C=O) groups excluding carboxylic acids is 1. The van der Waals surface area contributed by atoms with Gasteiger partial charge in [0, 0.05) is 44.0 Å². The van der Waals surface area contributed by atoms with Crippen molar-refractivity contribution in [1.82, 2.24) is 15.2 Å². The lowest BCUT2D eigenvalue weighted by molar-refractivity contribution is -0.156. The molecule has 2 bridgehead atoms. The molecule has 8 heteroatoms. The number of nitrogens with zero attached hydrogens (tertiary/aromatic N) is 2. The molecule has 1 amide bonds. The fourth-order valence-electron chi connectivity index (χ4n) is 5.25. The van der Waals surface area contributed by atoms with E-state index in [0.29, 0.717) is 43.0 Å². The van der Waals surface area contributed by atoms with E-state index >= 15 is 0 Å². The number of piperazine rings is 1. The molecule has 4 aliphatic heterocycles. The molecule has 3 N–H and O–H groups in total. The van der Waals surface area contributed by atoms with E-state index in [2.05, 4.69) is 22.8 Å². The van der Waals surface area contributed by atoms with Crippen molar-refractivity contribution in [1.29, 1.82) is 0 Å². The van der Waals surface area contributed by atoms with Crippen LogP contribution in [0.4, 0.5) is 5.69 Å². The fourth-order valence-corrected chi connectivity index (χ4v) is 5.25. The highest BCUT2D eigenvalue weighted by atomic mass is 16.5. The van der Waals surface area contributed by atoms with Crippen LogP contribution in [0.1, 0.15) is 36.3 Å². The minimum atomic E-state index is -1.78. The normalized spacial score (nSPS) is 32.4. The summed E-state index contributed by atoms with van der Waals surface area (Å²) < 4.78 is 5.45. The number of ether oxygens (including phenoxy) is 1. The summed E-state index contributed by atoms with van der Waals surface area (Å²) in [6.07, 6.45) is 2.74. The van der Waals surface area contributed by atoms with Gasteiger partial charge in [0.25, 0.3) is 5.91 Å². The molecule has 28 heavy (non-hydrogen) atoms. The molecule has 1 aromatic carbocycles. The summed E-state index contributed by atoms with van der Waals surface area (Å²) in [5.74, 6) is -1.20. The molecule has 0 aliphatic carbocycles. The number of aliphatic carboxylic acids is 1. The highest BCUT2D eigenvalue weighted by molar-refractivity contribution is 6.10. The lowest BCUT2D eigenvalue weighted by Crippen LogP contribution is -2.61. The first-order valence-electron chi connectivity index (χ1n) is 10.0. The minimum Gasteiger partial charge on any atom is -0.479 e. The van der Waals surface area contributed by atoms with Crippen molar-refractivity contribution in [2.45, 2.75) is 42.8 Å². The van der Waals surface area contributed by atoms with Crippen molar-refractivity contribution in [3.63, 3.8) is 0 Å². The van der Waals surface area contributed by atoms with Gasteiger partial charge in [0.15, 0.2) is 0 Å². The Morgan fingerprint density at radius 1 is 1.21 bits per heavy atom. The van der Waals surface area contributed by atoms with E-state index < -0.39 is 11.5 Å². The van der Waals surface area contributed by atoms with Gasteiger partial charge in [-0.2, -0.15) is 0 Å². The standard InChI is InChI=1S/C20H26N4O4/c1-23-10-15-9-14(23)11-24(15)18(25)20(19(26)27)16-8-13(2-3-17(16)21-22-20)12-4-6-28-7-5-12/h2-3,8,12,14-15,21-22H,4-7,9-11H2,1H3,(H,26,27)/t14-,15-,20?/m0/s1. The number of nitrogens with one attached hydrogen (secondary N) is 2. The number of carboxylic acids is 1. The van der Waals surface area contributed by atoms with Crippen LogP contribution in [0, 0.1) is 0 Å². The summed E-state index contributed by atoms with van der Waals surface area (Å²) >= 11 is 0. The molecular weight excluding hydrogens is 360 g/mol. The number of hydrogen-bond donors (Lipinski definition) is 3. The van der Waals surface area contributed by atoms with E-state index in [4.69, 9.17) is 4.74 Å². The molecule has 5 rings (SSSR count). The number of hydrogen-bond acceptors (Lipinski definition) is 6. The Hall–Kier alpha value is -2.16. The molecule has 4 heterocycles. The van der Waals surface area contributed by atoms with E-state index in [-0.39, 0.29) is 11.9 Å². The average Bonchev–Trinajstić information content (AvgIpc) is 3.39. The van der Waals surface area contributed by atoms with Crippen LogP contribution < -0.4 is 10.9 Å². The number of likely N-dealkylation sites (tertiary alicyclic amines) is 2. The van der Waals surface area contributed by atoms with Crippen molar-refractivity contribution in [2.75, 3.05) is 38.8 Å². The van der Waals surface area contributed by atoms with E-state index in [0.717, 1.165) is 31.4 Å². The van der Waals surface area contributed by atoms with Crippen LogP contribution in [-0.4, -0.2) is 72.2 Å². The monoisotopic (exact) mass is 386 g/mol. The maximum absolute atomic E-state index is 13.6. The second kappa shape index (κ2) is 6.43. The number of anilines is 1. The summed E-state index contributed by atoms with van der Waals surface area (Å²) in [5, 5.41) is 10.2. The van der Waals surface area contributed by atoms with E-state index in [1.807, 2.05) is 18.2 Å². The number of carboxylic acid groups (broad SMARTS) is 1. The number of fused-ring (bicyclic) bond motifs is 3. The number of hydrazine groups is 1. The molecule has 0 spiro atoms. The van der Waals surface area contributed by atoms with Gasteiger partial charge in [-0.05, 0) is 43.9 Å². The average molecular weight is 386 g/mol. The fraction of sp³-hybridized carbons (Fsp3) is 0.600. The van der Waals surface area contributed by atoms with Gasteiger partial charge in [-0.3, -0.25) is 9.69 Å². The highest BCUT2D eigenvalue weighted by Crippen LogP contribution is 2.41. The lowest BCUT2D eigenvalue weighted by Gasteiger charge is -2.36. The van der Waals surface area contributed by atoms with Gasteiger partial charge in [0.1, 0.15) is 0 Å². The van der Waals surface area contributed by atoms with Crippen LogP contribution in [0.2, 0.25) is 0 Å². The van der Waals surface area contributed by atoms with Crippen molar-refractivity contribution in [2.24, 2.45) is 0 Å². The van der Waals surface area contributed by atoms with Crippen LogP contribution in [0.3, 0.4) is 0 Å². The van der Waals surface area contributed by atoms with Gasteiger partial charge >= 0.3 is 5.97 Å². The van der Waals surface area contributed by atoms with E-state index in [1.165, 1.54) is 0 Å². The van der Waals surface area contributed by atoms with Crippen LogP contribution >= 0.6 is 0 Å². The number of likely N-dealkylation sites (N-methyl/N-ethyl adjacent to an activating group) is 1. The maximum atomic E-state index is 13.6. The molecule has 1 unspecified atom stereocenters. The first kappa shape index (κ1) is 17.9. The van der Waals surface area contributed by atoms with Gasteiger partial charge in [0.2, 0.25) is 5.54 Å². The molecule has 0 radical (unpaired) electrons. The third-order valence-electron chi connectivity index (χ3n) is 6.94. The van der Waals surface area contributed by atoms with Crippen molar-refractivity contribution >= 4 is 17.6 Å². The number of amides is 1. The van der Waals surface area contributed by atoms with Gasteiger partial charge in [-0.15, -0.1) is 0 Å². The van der Waals surface area contributed by atoms with Gasteiger partial charge in [-0.25, -0.2) is 10.2 Å². The molecule has 8 nitrogen and oxygen atoms in total. The third-order valence-corrected chi connectivity index (χ3v) is 6.94. The van der Waals surface area contributed by atoms with Crippen LogP contribution in [0.5, 0.6) is 0 Å². The lowest BCUT2D eigenvalue weighted by atomic mass is 9.84. The zero-order valence-electron chi connectivity index (χ0n) is 16.0. The number of carbonyl (C=O) groups is 2. The van der Waals surface area contributed by atoms with Gasteiger partial charge in [-0.1, -0.05) is 12.1 Å². The summed E-state index contributed by atoms with van der Waals surface area (Å²) in [4.78, 5) is 30.0.